The Bertz CT molecular complexity index is 869. The van der Waals surface area contributed by atoms with Crippen LogP contribution >= 0.6 is 0 Å². The maximum Gasteiger partial charge on any atom is 0.233 e. The van der Waals surface area contributed by atoms with Gasteiger partial charge in [-0.3, -0.25) is 19.4 Å². The number of carbonyl (C=O) groups is 2. The molecule has 1 N–H and O–H groups in total. The van der Waals surface area contributed by atoms with Gasteiger partial charge in [0.25, 0.3) is 0 Å². The van der Waals surface area contributed by atoms with Crippen LogP contribution in [-0.4, -0.2) is 53.0 Å². The van der Waals surface area contributed by atoms with Gasteiger partial charge in [-0.2, -0.15) is 0 Å². The number of likely N-dealkylation sites (tertiary alicyclic amines) is 1. The van der Waals surface area contributed by atoms with Crippen molar-refractivity contribution in [3.63, 3.8) is 0 Å². The Kier molecular flexibility index (Phi) is 7.69. The van der Waals surface area contributed by atoms with Crippen LogP contribution in [0.4, 0.5) is 0 Å². The monoisotopic (exact) mass is 456 g/mol. The molecule has 182 valence electrons. The van der Waals surface area contributed by atoms with E-state index >= 15 is 0 Å². The van der Waals surface area contributed by atoms with Gasteiger partial charge in [0.15, 0.2) is 0 Å². The van der Waals surface area contributed by atoms with Crippen LogP contribution in [-0.2, 0) is 14.3 Å². The number of aromatic hydroxyl groups is 1. The van der Waals surface area contributed by atoms with Gasteiger partial charge in [-0.05, 0) is 47.8 Å². The molecule has 2 saturated heterocycles. The first-order valence-corrected chi connectivity index (χ1v) is 12.0. The number of amides is 2. The molecular formula is C27H40N2O4. The van der Waals surface area contributed by atoms with Gasteiger partial charge in [0.2, 0.25) is 11.8 Å². The van der Waals surface area contributed by atoms with Gasteiger partial charge in [-0.15, -0.1) is 0 Å². The second-order valence-corrected chi connectivity index (χ2v) is 11.7. The first kappa shape index (κ1) is 25.4. The lowest BCUT2D eigenvalue weighted by Gasteiger charge is -2.33. The van der Waals surface area contributed by atoms with Gasteiger partial charge >= 0.3 is 0 Å². The van der Waals surface area contributed by atoms with Crippen LogP contribution in [0.5, 0.6) is 5.75 Å². The molecular weight excluding hydrogens is 416 g/mol. The van der Waals surface area contributed by atoms with E-state index < -0.39 is 0 Å². The van der Waals surface area contributed by atoms with Crippen molar-refractivity contribution in [3.05, 3.63) is 42.0 Å². The predicted octanol–water partition coefficient (Wildman–Crippen LogP) is 4.90. The molecule has 0 spiro atoms. The van der Waals surface area contributed by atoms with Crippen molar-refractivity contribution in [2.75, 3.05) is 26.2 Å². The topological polar surface area (TPSA) is 70.1 Å². The van der Waals surface area contributed by atoms with Gasteiger partial charge < -0.3 is 9.84 Å². The summed E-state index contributed by atoms with van der Waals surface area (Å²) < 4.78 is 5.86. The van der Waals surface area contributed by atoms with Crippen LogP contribution in [0.3, 0.4) is 0 Å². The quantitative estimate of drug-likeness (QED) is 0.423. The van der Waals surface area contributed by atoms with E-state index in [0.29, 0.717) is 26.1 Å². The van der Waals surface area contributed by atoms with E-state index in [0.717, 1.165) is 30.5 Å². The SMILES string of the molecule is C=C(CC1CC(=O)N(CCN2CCOC2c2ccc(O)cc2)C1=O)CC(C)(C)CC(C)(C)C. The number of phenolic OH excluding ortho intramolecular Hbond substituents is 1. The van der Waals surface area contributed by atoms with E-state index in [1.807, 2.05) is 12.1 Å². The van der Waals surface area contributed by atoms with Crippen molar-refractivity contribution in [3.8, 4) is 5.75 Å². The van der Waals surface area contributed by atoms with Crippen LogP contribution in [0.15, 0.2) is 36.4 Å². The number of benzene rings is 1. The number of hydrogen-bond acceptors (Lipinski definition) is 5. The minimum atomic E-state index is -0.293. The fraction of sp³-hybridized carbons (Fsp3) is 0.630. The Morgan fingerprint density at radius 3 is 2.42 bits per heavy atom. The molecule has 3 rings (SSSR count). The second-order valence-electron chi connectivity index (χ2n) is 11.7. The molecule has 2 unspecified atom stereocenters. The Morgan fingerprint density at radius 2 is 1.79 bits per heavy atom. The van der Waals surface area contributed by atoms with Crippen molar-refractivity contribution in [1.82, 2.24) is 9.80 Å². The summed E-state index contributed by atoms with van der Waals surface area (Å²) in [6, 6.07) is 6.96. The zero-order valence-electron chi connectivity index (χ0n) is 20.9. The fourth-order valence-corrected chi connectivity index (χ4v) is 5.65. The van der Waals surface area contributed by atoms with Crippen molar-refractivity contribution in [1.29, 1.82) is 0 Å². The summed E-state index contributed by atoms with van der Waals surface area (Å²) >= 11 is 0. The van der Waals surface area contributed by atoms with E-state index in [1.165, 1.54) is 4.90 Å². The summed E-state index contributed by atoms with van der Waals surface area (Å²) in [5.74, 6) is -0.242. The number of phenols is 1. The molecule has 0 bridgehead atoms. The minimum Gasteiger partial charge on any atom is -0.508 e. The van der Waals surface area contributed by atoms with Crippen LogP contribution in [0.25, 0.3) is 0 Å². The standard InChI is InChI=1S/C27H40N2O4/c1-19(17-27(5,6)18-26(2,3)4)15-21-16-23(31)29(24(21)32)12-11-28-13-14-33-25(28)20-7-9-22(30)10-8-20/h7-10,21,25,30H,1,11-18H2,2-6H3. The number of nitrogens with zero attached hydrogens (tertiary/aromatic N) is 2. The summed E-state index contributed by atoms with van der Waals surface area (Å²) in [6.45, 7) is 17.8. The summed E-state index contributed by atoms with van der Waals surface area (Å²) in [7, 11) is 0. The summed E-state index contributed by atoms with van der Waals surface area (Å²) in [6.07, 6.45) is 2.57. The highest BCUT2D eigenvalue weighted by atomic mass is 16.5. The number of carbonyl (C=O) groups excluding carboxylic acids is 2. The van der Waals surface area contributed by atoms with Gasteiger partial charge in [0.05, 0.1) is 12.5 Å². The molecule has 0 aromatic heterocycles. The highest BCUT2D eigenvalue weighted by molar-refractivity contribution is 6.03. The first-order chi connectivity index (χ1) is 15.3. The Balaban J connectivity index is 1.53. The third-order valence-electron chi connectivity index (χ3n) is 6.38. The van der Waals surface area contributed by atoms with Crippen LogP contribution in [0.1, 0.15) is 72.1 Å². The van der Waals surface area contributed by atoms with E-state index in [4.69, 9.17) is 4.74 Å². The van der Waals surface area contributed by atoms with Crippen LogP contribution < -0.4 is 0 Å². The highest BCUT2D eigenvalue weighted by Crippen LogP contribution is 2.39. The van der Waals surface area contributed by atoms with Gasteiger partial charge in [0, 0.05) is 26.1 Å². The third kappa shape index (κ3) is 6.90. The normalized spacial score (nSPS) is 22.4. The number of allylic oxidation sites excluding steroid dienone is 1. The largest absolute Gasteiger partial charge is 0.508 e. The maximum atomic E-state index is 13.0. The lowest BCUT2D eigenvalue weighted by molar-refractivity contribution is -0.139. The van der Waals surface area contributed by atoms with Crippen molar-refractivity contribution in [2.45, 2.75) is 66.5 Å². The van der Waals surface area contributed by atoms with Crippen molar-refractivity contribution in [2.24, 2.45) is 16.7 Å². The zero-order chi connectivity index (χ0) is 24.4. The molecule has 2 atom stereocenters. The molecule has 0 saturated carbocycles. The predicted molar refractivity (Wildman–Crippen MR) is 129 cm³/mol. The summed E-state index contributed by atoms with van der Waals surface area (Å²) in [5.41, 5.74) is 2.35. The zero-order valence-corrected chi connectivity index (χ0v) is 20.9. The molecule has 2 aliphatic heterocycles. The molecule has 0 radical (unpaired) electrons. The van der Waals surface area contributed by atoms with Crippen molar-refractivity contribution >= 4 is 11.8 Å². The molecule has 0 aliphatic carbocycles. The fourth-order valence-electron chi connectivity index (χ4n) is 5.65. The molecule has 2 fully saturated rings. The third-order valence-corrected chi connectivity index (χ3v) is 6.38. The number of imide groups is 1. The van der Waals surface area contributed by atoms with Crippen LogP contribution in [0.2, 0.25) is 0 Å². The minimum absolute atomic E-state index is 0.0731. The smallest absolute Gasteiger partial charge is 0.233 e. The molecule has 1 aromatic carbocycles. The molecule has 2 heterocycles. The van der Waals surface area contributed by atoms with Gasteiger partial charge in [-0.1, -0.05) is 58.9 Å². The van der Waals surface area contributed by atoms with E-state index in [2.05, 4.69) is 46.1 Å². The van der Waals surface area contributed by atoms with Crippen LogP contribution in [0, 0.1) is 16.7 Å². The average molecular weight is 457 g/mol. The van der Waals surface area contributed by atoms with E-state index in [9.17, 15) is 14.7 Å². The molecule has 1 aromatic rings. The Labute approximate surface area is 198 Å². The molecule has 6 nitrogen and oxygen atoms in total. The lowest BCUT2D eigenvalue weighted by Crippen LogP contribution is -2.38. The van der Waals surface area contributed by atoms with E-state index in [1.54, 1.807) is 12.1 Å². The summed E-state index contributed by atoms with van der Waals surface area (Å²) in [4.78, 5) is 29.2. The van der Waals surface area contributed by atoms with Gasteiger partial charge in [-0.25, -0.2) is 0 Å². The molecule has 2 amide bonds. The Hall–Kier alpha value is -2.18. The first-order valence-electron chi connectivity index (χ1n) is 12.0. The van der Waals surface area contributed by atoms with Gasteiger partial charge in [0.1, 0.15) is 12.0 Å². The van der Waals surface area contributed by atoms with Crippen molar-refractivity contribution < 1.29 is 19.4 Å². The molecule has 2 aliphatic rings. The average Bonchev–Trinajstić information content (AvgIpc) is 3.23. The highest BCUT2D eigenvalue weighted by Gasteiger charge is 2.39. The number of hydrogen-bond donors (Lipinski definition) is 1. The number of ether oxygens (including phenoxy) is 1. The van der Waals surface area contributed by atoms with E-state index in [-0.39, 0.29) is 47.0 Å². The molecule has 6 heteroatoms. The lowest BCUT2D eigenvalue weighted by atomic mass is 9.72. The second kappa shape index (κ2) is 9.98. The molecule has 33 heavy (non-hydrogen) atoms. The Morgan fingerprint density at radius 1 is 1.12 bits per heavy atom. The summed E-state index contributed by atoms with van der Waals surface area (Å²) in [5, 5.41) is 9.53. The number of rotatable bonds is 9. The maximum absolute atomic E-state index is 13.0.